The highest BCUT2D eigenvalue weighted by Crippen LogP contribution is 2.31. The van der Waals surface area contributed by atoms with Crippen LogP contribution >= 0.6 is 11.3 Å². The number of carbonyl (C=O) groups excluding carboxylic acids is 2. The van der Waals surface area contributed by atoms with Crippen molar-refractivity contribution in [1.82, 2.24) is 9.78 Å². The maximum atomic E-state index is 13.4. The number of hydrogen-bond donors (Lipinski definition) is 1. The number of aromatic nitrogens is 2. The van der Waals surface area contributed by atoms with Crippen molar-refractivity contribution in [3.63, 3.8) is 0 Å². The highest BCUT2D eigenvalue weighted by Gasteiger charge is 2.24. The fourth-order valence-corrected chi connectivity index (χ4v) is 4.27. The Labute approximate surface area is 193 Å². The second-order valence-corrected chi connectivity index (χ2v) is 7.74. The number of benzene rings is 2. The summed E-state index contributed by atoms with van der Waals surface area (Å²) in [7, 11) is 0. The number of para-hydroxylation sites is 2. The Morgan fingerprint density at radius 2 is 1.76 bits per heavy atom. The van der Waals surface area contributed by atoms with Crippen LogP contribution in [0.1, 0.15) is 34.7 Å². The van der Waals surface area contributed by atoms with E-state index >= 15 is 0 Å². The van der Waals surface area contributed by atoms with Crippen molar-refractivity contribution in [2.75, 3.05) is 18.5 Å². The third kappa shape index (κ3) is 4.35. The van der Waals surface area contributed by atoms with Crippen LogP contribution in [0.4, 0.5) is 5.00 Å². The monoisotopic (exact) mass is 463 g/mol. The van der Waals surface area contributed by atoms with Gasteiger partial charge in [-0.3, -0.25) is 9.59 Å². The largest absolute Gasteiger partial charge is 0.493 e. The van der Waals surface area contributed by atoms with E-state index in [0.29, 0.717) is 34.0 Å². The smallest absolute Gasteiger partial charge is 0.359 e. The Bertz CT molecular complexity index is 1380. The zero-order valence-corrected chi connectivity index (χ0v) is 18.8. The second-order valence-electron chi connectivity index (χ2n) is 6.86. The van der Waals surface area contributed by atoms with E-state index in [4.69, 9.17) is 9.47 Å². The van der Waals surface area contributed by atoms with Gasteiger partial charge in [0.15, 0.2) is 5.69 Å². The fourth-order valence-electron chi connectivity index (χ4n) is 3.34. The summed E-state index contributed by atoms with van der Waals surface area (Å²) in [5.41, 5.74) is 0.365. The normalized spacial score (nSPS) is 10.7. The van der Waals surface area contributed by atoms with E-state index in [0.717, 1.165) is 16.0 Å². The molecule has 8 nitrogen and oxygen atoms in total. The molecule has 0 saturated heterocycles. The molecule has 2 heterocycles. The summed E-state index contributed by atoms with van der Waals surface area (Å²) in [5.74, 6) is -0.638. The molecule has 0 fully saturated rings. The molecule has 2 aromatic heterocycles. The molecule has 0 atom stereocenters. The minimum atomic E-state index is -0.649. The SMILES string of the molecule is CCOC(=O)c1nn(-c2ccccc2)c(=O)c2c(NC(=O)c3ccccc3OCC)scc12. The molecule has 0 saturated carbocycles. The predicted molar refractivity (Wildman–Crippen MR) is 127 cm³/mol. The zero-order valence-electron chi connectivity index (χ0n) is 18.0. The first-order valence-electron chi connectivity index (χ1n) is 10.3. The molecule has 1 amide bonds. The number of hydrogen-bond acceptors (Lipinski definition) is 7. The van der Waals surface area contributed by atoms with E-state index in [9.17, 15) is 14.4 Å². The average molecular weight is 464 g/mol. The van der Waals surface area contributed by atoms with Gasteiger partial charge in [-0.1, -0.05) is 30.3 Å². The first-order chi connectivity index (χ1) is 16.0. The van der Waals surface area contributed by atoms with Crippen molar-refractivity contribution in [3.05, 3.63) is 81.6 Å². The maximum Gasteiger partial charge on any atom is 0.359 e. The van der Waals surface area contributed by atoms with Gasteiger partial charge in [-0.2, -0.15) is 9.78 Å². The van der Waals surface area contributed by atoms with E-state index in [1.807, 2.05) is 13.0 Å². The number of fused-ring (bicyclic) bond motifs is 1. The minimum Gasteiger partial charge on any atom is -0.493 e. The molecule has 9 heteroatoms. The lowest BCUT2D eigenvalue weighted by Crippen LogP contribution is -2.25. The first kappa shape index (κ1) is 22.2. The molecule has 0 radical (unpaired) electrons. The van der Waals surface area contributed by atoms with Crippen molar-refractivity contribution in [3.8, 4) is 11.4 Å². The zero-order chi connectivity index (χ0) is 23.4. The summed E-state index contributed by atoms with van der Waals surface area (Å²) >= 11 is 1.14. The standard InChI is InChI=1S/C24H21N3O5S/c1-3-31-18-13-9-8-12-16(18)21(28)25-22-19-17(14-33-22)20(24(30)32-4-2)26-27(23(19)29)15-10-6-5-7-11-15/h5-14H,3-4H2,1-2H3,(H,25,28). The number of nitrogens with zero attached hydrogens (tertiary/aromatic N) is 2. The van der Waals surface area contributed by atoms with Crippen LogP contribution in [0.2, 0.25) is 0 Å². The molecule has 0 aliphatic carbocycles. The van der Waals surface area contributed by atoms with Crippen molar-refractivity contribution in [2.45, 2.75) is 13.8 Å². The van der Waals surface area contributed by atoms with Gasteiger partial charge in [0.05, 0.1) is 29.9 Å². The van der Waals surface area contributed by atoms with Gasteiger partial charge >= 0.3 is 5.97 Å². The van der Waals surface area contributed by atoms with E-state index in [1.54, 1.807) is 60.8 Å². The summed E-state index contributed by atoms with van der Waals surface area (Å²) in [6, 6.07) is 15.6. The number of anilines is 1. The molecule has 0 aliphatic heterocycles. The van der Waals surface area contributed by atoms with Crippen molar-refractivity contribution in [2.24, 2.45) is 0 Å². The average Bonchev–Trinajstić information content (AvgIpc) is 3.24. The lowest BCUT2D eigenvalue weighted by molar-refractivity contribution is 0.0520. The number of nitrogens with one attached hydrogen (secondary N) is 1. The van der Waals surface area contributed by atoms with Crippen LogP contribution in [0.15, 0.2) is 64.8 Å². The Morgan fingerprint density at radius 3 is 2.48 bits per heavy atom. The van der Waals surface area contributed by atoms with Gasteiger partial charge in [0, 0.05) is 10.8 Å². The summed E-state index contributed by atoms with van der Waals surface area (Å²) < 4.78 is 11.8. The number of amides is 1. The molecule has 0 unspecified atom stereocenters. The number of ether oxygens (including phenoxy) is 2. The molecule has 4 rings (SSSR count). The van der Waals surface area contributed by atoms with Crippen LogP contribution < -0.4 is 15.6 Å². The van der Waals surface area contributed by atoms with Crippen LogP contribution in [-0.4, -0.2) is 34.9 Å². The molecule has 0 aliphatic rings. The lowest BCUT2D eigenvalue weighted by atomic mass is 10.2. The molecule has 0 bridgehead atoms. The Kier molecular flexibility index (Phi) is 6.50. The molecule has 168 valence electrons. The Morgan fingerprint density at radius 1 is 1.03 bits per heavy atom. The van der Waals surface area contributed by atoms with Gasteiger partial charge in [-0.25, -0.2) is 4.79 Å². The van der Waals surface area contributed by atoms with Gasteiger partial charge in [0.1, 0.15) is 10.8 Å². The maximum absolute atomic E-state index is 13.4. The quantitative estimate of drug-likeness (QED) is 0.411. The summed E-state index contributed by atoms with van der Waals surface area (Å²) in [6.07, 6.45) is 0. The third-order valence-corrected chi connectivity index (χ3v) is 5.68. The molecular formula is C24H21N3O5S. The molecule has 1 N–H and O–H groups in total. The Balaban J connectivity index is 1.85. The van der Waals surface area contributed by atoms with Crippen molar-refractivity contribution >= 4 is 39.0 Å². The highest BCUT2D eigenvalue weighted by atomic mass is 32.1. The molecule has 0 spiro atoms. The van der Waals surface area contributed by atoms with Gasteiger partial charge in [-0.15, -0.1) is 11.3 Å². The van der Waals surface area contributed by atoms with E-state index in [1.165, 1.54) is 0 Å². The van der Waals surface area contributed by atoms with Crippen molar-refractivity contribution < 1.29 is 19.1 Å². The highest BCUT2D eigenvalue weighted by molar-refractivity contribution is 7.16. The van der Waals surface area contributed by atoms with Crippen LogP contribution in [0.5, 0.6) is 5.75 Å². The Hall–Kier alpha value is -3.98. The van der Waals surface area contributed by atoms with E-state index in [2.05, 4.69) is 10.4 Å². The van der Waals surface area contributed by atoms with Crippen LogP contribution in [0.25, 0.3) is 16.5 Å². The van der Waals surface area contributed by atoms with Crippen LogP contribution in [-0.2, 0) is 4.74 Å². The predicted octanol–water partition coefficient (Wildman–Crippen LogP) is 4.27. The van der Waals surface area contributed by atoms with E-state index in [-0.39, 0.29) is 17.7 Å². The summed E-state index contributed by atoms with van der Waals surface area (Å²) in [4.78, 5) is 39.1. The molecule has 4 aromatic rings. The summed E-state index contributed by atoms with van der Waals surface area (Å²) in [5, 5.41) is 9.52. The number of thiophene rings is 1. The van der Waals surface area contributed by atoms with Crippen LogP contribution in [0.3, 0.4) is 0 Å². The second kappa shape index (κ2) is 9.66. The number of rotatable bonds is 7. The van der Waals surface area contributed by atoms with Gasteiger partial charge < -0.3 is 14.8 Å². The number of carbonyl (C=O) groups is 2. The molecule has 33 heavy (non-hydrogen) atoms. The van der Waals surface area contributed by atoms with Crippen molar-refractivity contribution in [1.29, 1.82) is 0 Å². The van der Waals surface area contributed by atoms with Gasteiger partial charge in [0.25, 0.3) is 11.5 Å². The molecular weight excluding hydrogens is 442 g/mol. The van der Waals surface area contributed by atoms with Gasteiger partial charge in [-0.05, 0) is 38.1 Å². The van der Waals surface area contributed by atoms with Crippen LogP contribution in [0, 0.1) is 0 Å². The topological polar surface area (TPSA) is 99.5 Å². The summed E-state index contributed by atoms with van der Waals surface area (Å²) in [6.45, 7) is 4.09. The molecule has 2 aromatic carbocycles. The van der Waals surface area contributed by atoms with E-state index < -0.39 is 17.4 Å². The first-order valence-corrected chi connectivity index (χ1v) is 11.2. The minimum absolute atomic E-state index is 0.00164. The lowest BCUT2D eigenvalue weighted by Gasteiger charge is -2.11. The fraction of sp³-hybridized carbons (Fsp3) is 0.167. The third-order valence-electron chi connectivity index (χ3n) is 4.78. The van der Waals surface area contributed by atoms with Gasteiger partial charge in [0.2, 0.25) is 0 Å². The number of esters is 1.